The van der Waals surface area contributed by atoms with Crippen LogP contribution in [0, 0.1) is 0 Å². The number of carbonyl (C=O) groups excluding carboxylic acids is 1. The van der Waals surface area contributed by atoms with Crippen molar-refractivity contribution < 1.29 is 18.8 Å². The first-order chi connectivity index (χ1) is 14.2. The maximum absolute atomic E-state index is 13.2. The van der Waals surface area contributed by atoms with Gasteiger partial charge >= 0.3 is 0 Å². The minimum absolute atomic E-state index is 0.131. The van der Waals surface area contributed by atoms with Gasteiger partial charge < -0.3 is 18.9 Å². The molecule has 154 valence electrons. The van der Waals surface area contributed by atoms with Crippen LogP contribution >= 0.6 is 0 Å². The summed E-state index contributed by atoms with van der Waals surface area (Å²) in [5, 5.41) is 4.02. The Morgan fingerprint density at radius 3 is 2.52 bits per heavy atom. The molecule has 29 heavy (non-hydrogen) atoms. The topological polar surface area (TPSA) is 77.7 Å². The summed E-state index contributed by atoms with van der Waals surface area (Å²) in [6.45, 7) is 1.82. The van der Waals surface area contributed by atoms with Crippen LogP contribution in [0.25, 0.3) is 0 Å². The van der Waals surface area contributed by atoms with Crippen LogP contribution < -0.4 is 4.74 Å². The summed E-state index contributed by atoms with van der Waals surface area (Å²) >= 11 is 0. The number of hydrogen-bond donors (Lipinski definition) is 0. The number of amides is 1. The average molecular weight is 397 g/mol. The Bertz CT molecular complexity index is 862. The lowest BCUT2D eigenvalue weighted by atomic mass is 9.93. The van der Waals surface area contributed by atoms with Crippen molar-refractivity contribution in [1.29, 1.82) is 0 Å². The number of hydrogen-bond acceptors (Lipinski definition) is 6. The molecule has 2 aliphatic carbocycles. The largest absolute Gasteiger partial charge is 0.497 e. The number of carbonyl (C=O) groups is 1. The van der Waals surface area contributed by atoms with Crippen molar-refractivity contribution in [2.24, 2.45) is 0 Å². The Morgan fingerprint density at radius 2 is 1.90 bits per heavy atom. The lowest BCUT2D eigenvalue weighted by Gasteiger charge is -2.34. The van der Waals surface area contributed by atoms with Gasteiger partial charge in [0.15, 0.2) is 5.82 Å². The number of likely N-dealkylation sites (tertiary alicyclic amines) is 1. The molecule has 1 amide bonds. The van der Waals surface area contributed by atoms with Crippen molar-refractivity contribution in [3.63, 3.8) is 0 Å². The monoisotopic (exact) mass is 397 g/mol. The second-order valence-corrected chi connectivity index (χ2v) is 8.43. The fourth-order valence-electron chi connectivity index (χ4n) is 4.21. The molecule has 0 atom stereocenters. The third kappa shape index (κ3) is 3.75. The van der Waals surface area contributed by atoms with Gasteiger partial charge in [0.05, 0.1) is 18.6 Å². The highest BCUT2D eigenvalue weighted by Crippen LogP contribution is 2.50. The molecule has 0 N–H and O–H groups in total. The van der Waals surface area contributed by atoms with Crippen molar-refractivity contribution in [2.75, 3.05) is 20.2 Å². The molecular formula is C22H27N3O4. The number of methoxy groups -OCH3 is 1. The van der Waals surface area contributed by atoms with Gasteiger partial charge in [0, 0.05) is 19.0 Å². The number of rotatable bonds is 7. The van der Waals surface area contributed by atoms with Crippen LogP contribution in [0.5, 0.6) is 5.75 Å². The molecule has 0 radical (unpaired) electrons. The summed E-state index contributed by atoms with van der Waals surface area (Å²) in [5.74, 6) is 2.94. The van der Waals surface area contributed by atoms with E-state index in [0.29, 0.717) is 18.4 Å². The molecule has 1 aromatic carbocycles. The van der Waals surface area contributed by atoms with E-state index in [-0.39, 0.29) is 17.4 Å². The van der Waals surface area contributed by atoms with E-state index in [2.05, 4.69) is 10.1 Å². The molecule has 0 spiro atoms. The highest BCUT2D eigenvalue weighted by molar-refractivity contribution is 5.91. The molecule has 1 aromatic heterocycles. The summed E-state index contributed by atoms with van der Waals surface area (Å²) in [6.07, 6.45) is 5.98. The van der Waals surface area contributed by atoms with E-state index in [1.54, 1.807) is 7.11 Å². The normalized spacial score (nSPS) is 21.2. The molecule has 3 aliphatic rings. The summed E-state index contributed by atoms with van der Waals surface area (Å²) < 4.78 is 16.5. The zero-order chi connectivity index (χ0) is 19.8. The van der Waals surface area contributed by atoms with E-state index in [9.17, 15) is 4.79 Å². The molecule has 7 heteroatoms. The van der Waals surface area contributed by atoms with E-state index < -0.39 is 0 Å². The lowest BCUT2D eigenvalue weighted by Crippen LogP contribution is -2.45. The zero-order valence-corrected chi connectivity index (χ0v) is 16.8. The van der Waals surface area contributed by atoms with Crippen LogP contribution in [0.1, 0.15) is 61.7 Å². The minimum Gasteiger partial charge on any atom is -0.497 e. The van der Waals surface area contributed by atoms with E-state index in [1.165, 1.54) is 0 Å². The Morgan fingerprint density at radius 1 is 1.17 bits per heavy atom. The molecule has 2 aromatic rings. The fraction of sp³-hybridized carbons (Fsp3) is 0.591. The van der Waals surface area contributed by atoms with Crippen molar-refractivity contribution in [2.45, 2.75) is 62.6 Å². The number of benzene rings is 1. The van der Waals surface area contributed by atoms with Crippen LogP contribution in [0.15, 0.2) is 28.8 Å². The Labute approximate surface area is 170 Å². The first kappa shape index (κ1) is 18.6. The minimum atomic E-state index is -0.330. The van der Waals surface area contributed by atoms with Crippen molar-refractivity contribution >= 4 is 5.91 Å². The molecule has 0 unspecified atom stereocenters. The van der Waals surface area contributed by atoms with Gasteiger partial charge in [-0.15, -0.1) is 0 Å². The van der Waals surface area contributed by atoms with E-state index in [1.807, 2.05) is 29.2 Å². The number of piperidine rings is 1. The molecular weight excluding hydrogens is 370 g/mol. The van der Waals surface area contributed by atoms with E-state index in [4.69, 9.17) is 14.0 Å². The smallest absolute Gasteiger partial charge is 0.252 e. The molecule has 2 heterocycles. The molecule has 1 aliphatic heterocycles. The Hall–Kier alpha value is -2.41. The molecule has 0 bridgehead atoms. The fourth-order valence-corrected chi connectivity index (χ4v) is 4.21. The number of aromatic nitrogens is 2. The standard InChI is InChI=1S/C22H27N3O4/c1-27-17-6-4-16(5-7-17)22(10-11-22)21(26)25-12-8-18(9-13-25)28-14-19-23-20(24-29-19)15-2-3-15/h4-7,15,18H,2-3,8-14H2,1H3. The van der Waals surface area contributed by atoms with Crippen LogP contribution in [0.4, 0.5) is 0 Å². The zero-order valence-electron chi connectivity index (χ0n) is 16.8. The lowest BCUT2D eigenvalue weighted by molar-refractivity contribution is -0.136. The van der Waals surface area contributed by atoms with Crippen molar-refractivity contribution in [3.8, 4) is 5.75 Å². The number of ether oxygens (including phenoxy) is 2. The van der Waals surface area contributed by atoms with Gasteiger partial charge in [-0.1, -0.05) is 17.3 Å². The third-order valence-electron chi connectivity index (χ3n) is 6.40. The first-order valence-corrected chi connectivity index (χ1v) is 10.6. The highest BCUT2D eigenvalue weighted by Gasteiger charge is 2.53. The van der Waals surface area contributed by atoms with Gasteiger partial charge in [-0.25, -0.2) is 0 Å². The molecule has 5 rings (SSSR count). The highest BCUT2D eigenvalue weighted by atomic mass is 16.5. The summed E-state index contributed by atoms with van der Waals surface area (Å²) in [4.78, 5) is 19.6. The quantitative estimate of drug-likeness (QED) is 0.714. The predicted octanol–water partition coefficient (Wildman–Crippen LogP) is 3.20. The average Bonchev–Trinajstić information content (AvgIpc) is 3.71. The van der Waals surface area contributed by atoms with E-state index >= 15 is 0 Å². The summed E-state index contributed by atoms with van der Waals surface area (Å²) in [7, 11) is 1.66. The van der Waals surface area contributed by atoms with Gasteiger partial charge in [-0.2, -0.15) is 4.98 Å². The van der Waals surface area contributed by atoms with Crippen LogP contribution in [-0.2, 0) is 21.6 Å². The Kier molecular flexibility index (Phi) is 4.78. The van der Waals surface area contributed by atoms with E-state index in [0.717, 1.165) is 68.8 Å². The van der Waals surface area contributed by atoms with Gasteiger partial charge in [0.2, 0.25) is 5.91 Å². The summed E-state index contributed by atoms with van der Waals surface area (Å²) in [5.41, 5.74) is 0.771. The SMILES string of the molecule is COc1ccc(C2(C(=O)N3CCC(OCc4nc(C5CC5)no4)CC3)CC2)cc1. The van der Waals surface area contributed by atoms with Gasteiger partial charge in [-0.05, 0) is 56.2 Å². The molecule has 2 saturated carbocycles. The van der Waals surface area contributed by atoms with Crippen molar-refractivity contribution in [3.05, 3.63) is 41.5 Å². The van der Waals surface area contributed by atoms with Crippen molar-refractivity contribution in [1.82, 2.24) is 15.0 Å². The third-order valence-corrected chi connectivity index (χ3v) is 6.40. The molecule has 1 saturated heterocycles. The maximum atomic E-state index is 13.2. The maximum Gasteiger partial charge on any atom is 0.252 e. The second-order valence-electron chi connectivity index (χ2n) is 8.43. The van der Waals surface area contributed by atoms with Gasteiger partial charge in [0.1, 0.15) is 12.4 Å². The molecule has 7 nitrogen and oxygen atoms in total. The predicted molar refractivity (Wildman–Crippen MR) is 105 cm³/mol. The van der Waals surface area contributed by atoms with Crippen LogP contribution in [0.2, 0.25) is 0 Å². The Balaban J connectivity index is 1.13. The van der Waals surface area contributed by atoms with Crippen LogP contribution in [0.3, 0.4) is 0 Å². The first-order valence-electron chi connectivity index (χ1n) is 10.6. The van der Waals surface area contributed by atoms with Gasteiger partial charge in [0.25, 0.3) is 5.89 Å². The second kappa shape index (κ2) is 7.44. The van der Waals surface area contributed by atoms with Crippen LogP contribution in [-0.4, -0.2) is 47.3 Å². The van der Waals surface area contributed by atoms with Gasteiger partial charge in [-0.3, -0.25) is 4.79 Å². The summed E-state index contributed by atoms with van der Waals surface area (Å²) in [6, 6.07) is 7.93. The molecule has 3 fully saturated rings. The number of nitrogens with zero attached hydrogens (tertiary/aromatic N) is 3.